The number of fused-ring (bicyclic) bond motifs is 1. The normalized spacial score (nSPS) is 10.6. The van der Waals surface area contributed by atoms with Crippen LogP contribution < -0.4 is 10.2 Å². The van der Waals surface area contributed by atoms with Crippen LogP contribution in [0.25, 0.3) is 10.9 Å². The lowest BCUT2D eigenvalue weighted by molar-refractivity contribution is -0.131. The lowest BCUT2D eigenvalue weighted by Crippen LogP contribution is -2.34. The fourth-order valence-electron chi connectivity index (χ4n) is 2.48. The average molecular weight is 337 g/mol. The third-order valence-electron chi connectivity index (χ3n) is 3.91. The quantitative estimate of drug-likeness (QED) is 0.689. The van der Waals surface area contributed by atoms with Gasteiger partial charge in [-0.3, -0.25) is 14.3 Å². The molecule has 0 fully saturated rings. The van der Waals surface area contributed by atoms with Crippen molar-refractivity contribution < 1.29 is 9.53 Å². The first-order valence-electron chi connectivity index (χ1n) is 8.02. The second-order valence-electron chi connectivity index (χ2n) is 5.66. The number of rotatable bonds is 6. The number of likely N-dealkylation sites (N-methyl/N-ethyl adjacent to an activating group) is 1. The van der Waals surface area contributed by atoms with Crippen LogP contribution in [0.5, 0.6) is 5.75 Å². The van der Waals surface area contributed by atoms with Crippen molar-refractivity contribution in [3.8, 4) is 5.75 Å². The van der Waals surface area contributed by atoms with E-state index in [1.54, 1.807) is 34.8 Å². The lowest BCUT2D eigenvalue weighted by Gasteiger charge is -2.18. The van der Waals surface area contributed by atoms with Gasteiger partial charge in [-0.2, -0.15) is 5.10 Å². The summed E-state index contributed by atoms with van der Waals surface area (Å²) in [6.45, 7) is 0.944. The predicted molar refractivity (Wildman–Crippen MR) is 95.6 cm³/mol. The van der Waals surface area contributed by atoms with Crippen molar-refractivity contribution in [1.29, 1.82) is 0 Å². The first-order valence-corrected chi connectivity index (χ1v) is 8.02. The molecule has 0 bridgehead atoms. The predicted octanol–water partition coefficient (Wildman–Crippen LogP) is 1.93. The van der Waals surface area contributed by atoms with Crippen LogP contribution in [0.2, 0.25) is 0 Å². The molecule has 25 heavy (non-hydrogen) atoms. The largest absolute Gasteiger partial charge is 0.492 e. The zero-order valence-corrected chi connectivity index (χ0v) is 14.0. The molecule has 6 nitrogen and oxygen atoms in total. The minimum Gasteiger partial charge on any atom is -0.492 e. The van der Waals surface area contributed by atoms with Crippen LogP contribution in [-0.4, -0.2) is 40.8 Å². The van der Waals surface area contributed by atoms with E-state index in [0.717, 1.165) is 5.75 Å². The van der Waals surface area contributed by atoms with Gasteiger partial charge in [-0.05, 0) is 24.3 Å². The van der Waals surface area contributed by atoms with Crippen molar-refractivity contribution in [3.63, 3.8) is 0 Å². The van der Waals surface area contributed by atoms with Gasteiger partial charge in [0.15, 0.2) is 0 Å². The second-order valence-corrected chi connectivity index (χ2v) is 5.66. The van der Waals surface area contributed by atoms with E-state index < -0.39 is 0 Å². The van der Waals surface area contributed by atoms with E-state index in [1.807, 2.05) is 36.4 Å². The topological polar surface area (TPSA) is 64.4 Å². The number of nitrogens with zero attached hydrogens (tertiary/aromatic N) is 3. The Labute approximate surface area is 145 Å². The van der Waals surface area contributed by atoms with Gasteiger partial charge >= 0.3 is 0 Å². The molecule has 0 aliphatic carbocycles. The van der Waals surface area contributed by atoms with Crippen molar-refractivity contribution in [1.82, 2.24) is 14.7 Å². The number of aromatic nitrogens is 2. The fourth-order valence-corrected chi connectivity index (χ4v) is 2.48. The Morgan fingerprint density at radius 2 is 1.84 bits per heavy atom. The first kappa shape index (κ1) is 16.7. The molecule has 0 aliphatic rings. The molecule has 0 radical (unpaired) electrons. The maximum absolute atomic E-state index is 12.4. The molecule has 1 aromatic heterocycles. The molecule has 3 rings (SSSR count). The monoisotopic (exact) mass is 337 g/mol. The van der Waals surface area contributed by atoms with Gasteiger partial charge < -0.3 is 9.64 Å². The van der Waals surface area contributed by atoms with Crippen LogP contribution in [0.1, 0.15) is 0 Å². The summed E-state index contributed by atoms with van der Waals surface area (Å²) in [5, 5.41) is 4.64. The summed E-state index contributed by atoms with van der Waals surface area (Å²) in [6, 6.07) is 16.6. The maximum atomic E-state index is 12.4. The molecule has 0 aliphatic heterocycles. The number of ether oxygens (including phenoxy) is 1. The molecule has 3 aromatic rings. The molecule has 0 spiro atoms. The van der Waals surface area contributed by atoms with Gasteiger partial charge in [-0.15, -0.1) is 0 Å². The van der Waals surface area contributed by atoms with E-state index in [0.29, 0.717) is 24.1 Å². The van der Waals surface area contributed by atoms with Crippen molar-refractivity contribution in [2.75, 3.05) is 20.2 Å². The summed E-state index contributed by atoms with van der Waals surface area (Å²) in [5.74, 6) is 0.675. The van der Waals surface area contributed by atoms with E-state index >= 15 is 0 Å². The molecule has 1 amide bonds. The van der Waals surface area contributed by atoms with Crippen molar-refractivity contribution in [3.05, 3.63) is 71.0 Å². The molecule has 0 saturated heterocycles. The van der Waals surface area contributed by atoms with E-state index in [-0.39, 0.29) is 17.9 Å². The van der Waals surface area contributed by atoms with Crippen molar-refractivity contribution >= 4 is 16.8 Å². The summed E-state index contributed by atoms with van der Waals surface area (Å²) >= 11 is 0. The Balaban J connectivity index is 1.62. The van der Waals surface area contributed by atoms with Gasteiger partial charge in [0.05, 0.1) is 18.3 Å². The fraction of sp³-hybridized carbons (Fsp3) is 0.211. The average Bonchev–Trinajstić information content (AvgIpc) is 2.65. The molecule has 6 heteroatoms. The zero-order chi connectivity index (χ0) is 17.6. The van der Waals surface area contributed by atoms with Gasteiger partial charge in [0.2, 0.25) is 11.3 Å². The van der Waals surface area contributed by atoms with Gasteiger partial charge in [-0.25, -0.2) is 0 Å². The highest BCUT2D eigenvalue weighted by Gasteiger charge is 2.12. The SMILES string of the molecule is CN(CCOc1ccccc1)C(=O)Cn1ncc(=O)c2ccccc21. The summed E-state index contributed by atoms with van der Waals surface area (Å²) in [4.78, 5) is 25.8. The van der Waals surface area contributed by atoms with Crippen molar-refractivity contribution in [2.24, 2.45) is 0 Å². The molecule has 0 unspecified atom stereocenters. The van der Waals surface area contributed by atoms with Crippen LogP contribution in [0, 0.1) is 0 Å². The van der Waals surface area contributed by atoms with E-state index in [2.05, 4.69) is 5.10 Å². The second kappa shape index (κ2) is 7.61. The van der Waals surface area contributed by atoms with Crippen LogP contribution in [0.15, 0.2) is 65.6 Å². The van der Waals surface area contributed by atoms with Gasteiger partial charge in [-0.1, -0.05) is 30.3 Å². The summed E-state index contributed by atoms with van der Waals surface area (Å²) in [5.41, 5.74) is 0.501. The third-order valence-corrected chi connectivity index (χ3v) is 3.91. The Kier molecular flexibility index (Phi) is 5.09. The van der Waals surface area contributed by atoms with Crippen LogP contribution in [0.3, 0.4) is 0 Å². The number of carbonyl (C=O) groups is 1. The highest BCUT2D eigenvalue weighted by atomic mass is 16.5. The van der Waals surface area contributed by atoms with Crippen molar-refractivity contribution in [2.45, 2.75) is 6.54 Å². The molecule has 0 atom stereocenters. The standard InChI is InChI=1S/C19H19N3O3/c1-21(11-12-25-15-7-3-2-4-8-15)19(24)14-22-17-10-6-5-9-16(17)18(23)13-20-22/h2-10,13H,11-12,14H2,1H3. The Morgan fingerprint density at radius 1 is 1.12 bits per heavy atom. The molecular weight excluding hydrogens is 318 g/mol. The number of benzene rings is 2. The molecular formula is C19H19N3O3. The molecule has 2 aromatic carbocycles. The van der Waals surface area contributed by atoms with Gasteiger partial charge in [0.25, 0.3) is 0 Å². The van der Waals surface area contributed by atoms with Gasteiger partial charge in [0, 0.05) is 12.4 Å². The minimum absolute atomic E-state index is 0.0721. The van der Waals surface area contributed by atoms with Gasteiger partial charge in [0.1, 0.15) is 18.9 Å². The molecule has 128 valence electrons. The Morgan fingerprint density at radius 3 is 2.64 bits per heavy atom. The van der Waals surface area contributed by atoms with Crippen LogP contribution in [-0.2, 0) is 11.3 Å². The van der Waals surface area contributed by atoms with E-state index in [9.17, 15) is 9.59 Å². The Bertz CT molecular complexity index is 922. The number of hydrogen-bond acceptors (Lipinski definition) is 4. The smallest absolute Gasteiger partial charge is 0.244 e. The highest BCUT2D eigenvalue weighted by Crippen LogP contribution is 2.09. The molecule has 0 N–H and O–H groups in total. The summed E-state index contributed by atoms with van der Waals surface area (Å²) < 4.78 is 7.15. The Hall–Kier alpha value is -3.15. The summed E-state index contributed by atoms with van der Waals surface area (Å²) in [7, 11) is 1.72. The minimum atomic E-state index is -0.149. The number of para-hydroxylation sites is 2. The molecule has 1 heterocycles. The molecule has 0 saturated carbocycles. The van der Waals surface area contributed by atoms with E-state index in [4.69, 9.17) is 4.74 Å². The number of amides is 1. The lowest BCUT2D eigenvalue weighted by atomic mass is 10.2. The number of carbonyl (C=O) groups excluding carboxylic acids is 1. The van der Waals surface area contributed by atoms with Crippen LogP contribution >= 0.6 is 0 Å². The number of hydrogen-bond donors (Lipinski definition) is 0. The van der Waals surface area contributed by atoms with Crippen LogP contribution in [0.4, 0.5) is 0 Å². The highest BCUT2D eigenvalue weighted by molar-refractivity contribution is 5.81. The maximum Gasteiger partial charge on any atom is 0.244 e. The third kappa shape index (κ3) is 4.03. The van der Waals surface area contributed by atoms with E-state index in [1.165, 1.54) is 6.20 Å². The zero-order valence-electron chi connectivity index (χ0n) is 14.0. The first-order chi connectivity index (χ1) is 12.1. The summed E-state index contributed by atoms with van der Waals surface area (Å²) in [6.07, 6.45) is 1.24.